The third-order valence-corrected chi connectivity index (χ3v) is 4.15. The Morgan fingerprint density at radius 1 is 1.44 bits per heavy atom. The summed E-state index contributed by atoms with van der Waals surface area (Å²) in [4.78, 5) is 5.17. The molecule has 1 unspecified atom stereocenters. The van der Waals surface area contributed by atoms with Crippen LogP contribution in [-0.2, 0) is 0 Å². The van der Waals surface area contributed by atoms with E-state index in [9.17, 15) is 0 Å². The highest BCUT2D eigenvalue weighted by Gasteiger charge is 2.07. The molecule has 1 atom stereocenters. The molecule has 90 valence electrons. The van der Waals surface area contributed by atoms with Crippen LogP contribution in [0.3, 0.4) is 0 Å². The molecule has 1 rings (SSSR count). The molecule has 0 aliphatic carbocycles. The topological polar surface area (TPSA) is 38.9 Å². The molecule has 16 heavy (non-hydrogen) atoms. The lowest BCUT2D eigenvalue weighted by molar-refractivity contribution is 0.499. The third kappa shape index (κ3) is 4.44. The molecule has 0 saturated heterocycles. The van der Waals surface area contributed by atoms with Gasteiger partial charge in [-0.1, -0.05) is 33.1 Å². The van der Waals surface area contributed by atoms with E-state index in [-0.39, 0.29) is 0 Å². The number of nitrogens with zero attached hydrogens (tertiary/aromatic N) is 1. The number of unbranched alkanes of at least 4 members (excludes halogenated alkanes) is 1. The molecule has 0 spiro atoms. The summed E-state index contributed by atoms with van der Waals surface area (Å²) in [5.41, 5.74) is 6.67. The number of nitrogen functional groups attached to an aromatic ring is 1. The van der Waals surface area contributed by atoms with Crippen LogP contribution < -0.4 is 5.73 Å². The minimum absolute atomic E-state index is 0.804. The van der Waals surface area contributed by atoms with Gasteiger partial charge in [0.05, 0.1) is 11.9 Å². The molecule has 1 heterocycles. The van der Waals surface area contributed by atoms with E-state index in [2.05, 4.69) is 18.8 Å². The van der Waals surface area contributed by atoms with Gasteiger partial charge in [0.15, 0.2) is 0 Å². The number of hydrogen-bond donors (Lipinski definition) is 1. The van der Waals surface area contributed by atoms with Gasteiger partial charge >= 0.3 is 0 Å². The summed E-state index contributed by atoms with van der Waals surface area (Å²) in [6.45, 7) is 4.53. The number of thioether (sulfide) groups is 1. The number of nitrogens with two attached hydrogens (primary N) is 1. The smallest absolute Gasteiger partial charge is 0.0638 e. The molecule has 0 saturated carbocycles. The lowest BCUT2D eigenvalue weighted by Gasteiger charge is -2.14. The number of rotatable bonds is 7. The first-order chi connectivity index (χ1) is 7.77. The first-order valence-electron chi connectivity index (χ1n) is 6.10. The van der Waals surface area contributed by atoms with E-state index in [0.717, 1.165) is 11.6 Å². The number of hydrogen-bond acceptors (Lipinski definition) is 3. The Morgan fingerprint density at radius 3 is 2.88 bits per heavy atom. The first kappa shape index (κ1) is 13.4. The number of pyridine rings is 1. The predicted molar refractivity (Wildman–Crippen MR) is 72.7 cm³/mol. The molecule has 1 aromatic rings. The van der Waals surface area contributed by atoms with Crippen LogP contribution in [0.4, 0.5) is 5.69 Å². The Morgan fingerprint density at radius 2 is 2.25 bits per heavy atom. The van der Waals surface area contributed by atoms with Crippen LogP contribution in [0.25, 0.3) is 0 Å². The summed E-state index contributed by atoms with van der Waals surface area (Å²) in [5, 5.41) is 0. The molecule has 0 fully saturated rings. The Labute approximate surface area is 103 Å². The molecular formula is C13H22N2S. The molecule has 0 amide bonds. The Bertz CT molecular complexity index is 302. The first-order valence-corrected chi connectivity index (χ1v) is 7.08. The molecule has 0 radical (unpaired) electrons. The predicted octanol–water partition coefficient (Wildman–Crippen LogP) is 3.97. The van der Waals surface area contributed by atoms with Crippen LogP contribution >= 0.6 is 11.8 Å². The van der Waals surface area contributed by atoms with E-state index in [1.165, 1.54) is 36.3 Å². The largest absolute Gasteiger partial charge is 0.397 e. The average molecular weight is 238 g/mol. The van der Waals surface area contributed by atoms with Crippen molar-refractivity contribution in [1.82, 2.24) is 4.98 Å². The van der Waals surface area contributed by atoms with Crippen LogP contribution in [0.15, 0.2) is 23.4 Å². The fraction of sp³-hybridized carbons (Fsp3) is 0.615. The van der Waals surface area contributed by atoms with Crippen LogP contribution in [0.2, 0.25) is 0 Å². The minimum Gasteiger partial charge on any atom is -0.397 e. The fourth-order valence-corrected chi connectivity index (χ4v) is 2.83. The Kier molecular flexibility index (Phi) is 6.31. The van der Waals surface area contributed by atoms with Crippen molar-refractivity contribution < 1.29 is 0 Å². The van der Waals surface area contributed by atoms with Crippen molar-refractivity contribution in [3.8, 4) is 0 Å². The molecule has 0 aliphatic heterocycles. The number of anilines is 1. The van der Waals surface area contributed by atoms with Crippen molar-refractivity contribution in [1.29, 1.82) is 0 Å². The van der Waals surface area contributed by atoms with E-state index in [1.54, 1.807) is 6.20 Å². The molecule has 0 bridgehead atoms. The molecule has 2 nitrogen and oxygen atoms in total. The summed E-state index contributed by atoms with van der Waals surface area (Å²) in [6, 6.07) is 2.01. The van der Waals surface area contributed by atoms with Crippen molar-refractivity contribution in [2.75, 3.05) is 11.5 Å². The fourth-order valence-electron chi connectivity index (χ4n) is 1.63. The highest BCUT2D eigenvalue weighted by atomic mass is 32.2. The Hall–Kier alpha value is -0.700. The molecule has 0 aromatic carbocycles. The van der Waals surface area contributed by atoms with Crippen molar-refractivity contribution in [2.45, 2.75) is 44.4 Å². The van der Waals surface area contributed by atoms with Crippen LogP contribution in [0.1, 0.15) is 39.5 Å². The summed E-state index contributed by atoms with van der Waals surface area (Å²) in [5.74, 6) is 1.99. The maximum Gasteiger partial charge on any atom is 0.0638 e. The van der Waals surface area contributed by atoms with Gasteiger partial charge in [0, 0.05) is 16.8 Å². The summed E-state index contributed by atoms with van der Waals surface area (Å²) in [7, 11) is 0. The van der Waals surface area contributed by atoms with Crippen LogP contribution in [0, 0.1) is 5.92 Å². The van der Waals surface area contributed by atoms with E-state index in [1.807, 2.05) is 24.0 Å². The van der Waals surface area contributed by atoms with Crippen LogP contribution in [0.5, 0.6) is 0 Å². The second-order valence-corrected chi connectivity index (χ2v) is 5.20. The second-order valence-electron chi connectivity index (χ2n) is 4.14. The van der Waals surface area contributed by atoms with Crippen molar-refractivity contribution in [3.63, 3.8) is 0 Å². The van der Waals surface area contributed by atoms with Gasteiger partial charge in [-0.25, -0.2) is 0 Å². The highest BCUT2D eigenvalue weighted by molar-refractivity contribution is 7.99. The van der Waals surface area contributed by atoms with Crippen molar-refractivity contribution >= 4 is 17.4 Å². The summed E-state index contributed by atoms with van der Waals surface area (Å²) >= 11 is 1.87. The molecule has 0 aliphatic rings. The van der Waals surface area contributed by atoms with E-state index in [4.69, 9.17) is 5.73 Å². The SMILES string of the molecule is CCCCC(CC)CSc1ccncc1N. The Balaban J connectivity index is 2.40. The average Bonchev–Trinajstić information content (AvgIpc) is 2.31. The van der Waals surface area contributed by atoms with Gasteiger partial charge in [-0.05, 0) is 18.4 Å². The van der Waals surface area contributed by atoms with Gasteiger partial charge in [0.25, 0.3) is 0 Å². The molecular weight excluding hydrogens is 216 g/mol. The summed E-state index contributed by atoms with van der Waals surface area (Å²) in [6.07, 6.45) is 8.77. The highest BCUT2D eigenvalue weighted by Crippen LogP contribution is 2.28. The minimum atomic E-state index is 0.804. The second kappa shape index (κ2) is 7.55. The third-order valence-electron chi connectivity index (χ3n) is 2.83. The standard InChI is InChI=1S/C13H22N2S/c1-3-5-6-11(4-2)10-16-13-7-8-15-9-12(13)14/h7-9,11H,3-6,10,14H2,1-2H3. The maximum atomic E-state index is 5.87. The number of aromatic nitrogens is 1. The van der Waals surface area contributed by atoms with E-state index in [0.29, 0.717) is 0 Å². The molecule has 1 aromatic heterocycles. The zero-order valence-corrected chi connectivity index (χ0v) is 11.1. The van der Waals surface area contributed by atoms with E-state index < -0.39 is 0 Å². The quantitative estimate of drug-likeness (QED) is 0.730. The zero-order valence-electron chi connectivity index (χ0n) is 10.3. The van der Waals surface area contributed by atoms with Gasteiger partial charge in [0.1, 0.15) is 0 Å². The van der Waals surface area contributed by atoms with E-state index >= 15 is 0 Å². The lowest BCUT2D eigenvalue weighted by Crippen LogP contribution is -2.02. The zero-order chi connectivity index (χ0) is 11.8. The lowest BCUT2D eigenvalue weighted by atomic mass is 10.0. The molecule has 3 heteroatoms. The van der Waals surface area contributed by atoms with Gasteiger partial charge in [-0.2, -0.15) is 0 Å². The summed E-state index contributed by atoms with van der Waals surface area (Å²) < 4.78 is 0. The van der Waals surface area contributed by atoms with Gasteiger partial charge in [-0.3, -0.25) is 4.98 Å². The van der Waals surface area contributed by atoms with Gasteiger partial charge in [-0.15, -0.1) is 11.8 Å². The monoisotopic (exact) mass is 238 g/mol. The maximum absolute atomic E-state index is 5.87. The normalized spacial score (nSPS) is 12.6. The van der Waals surface area contributed by atoms with Gasteiger partial charge < -0.3 is 5.73 Å². The van der Waals surface area contributed by atoms with Crippen LogP contribution in [-0.4, -0.2) is 10.7 Å². The van der Waals surface area contributed by atoms with Crippen molar-refractivity contribution in [2.24, 2.45) is 5.92 Å². The van der Waals surface area contributed by atoms with Gasteiger partial charge in [0.2, 0.25) is 0 Å². The molecule has 2 N–H and O–H groups in total. The van der Waals surface area contributed by atoms with Crippen molar-refractivity contribution in [3.05, 3.63) is 18.5 Å².